The Morgan fingerprint density at radius 1 is 1.38 bits per heavy atom. The fourth-order valence-corrected chi connectivity index (χ4v) is 1.58. The lowest BCUT2D eigenvalue weighted by molar-refractivity contribution is 0.101. The molecule has 2 aromatic heterocycles. The average Bonchev–Trinajstić information content (AvgIpc) is 3.00. The van der Waals surface area contributed by atoms with E-state index in [4.69, 9.17) is 13.9 Å². The van der Waals surface area contributed by atoms with Gasteiger partial charge < -0.3 is 19.2 Å². The summed E-state index contributed by atoms with van der Waals surface area (Å²) in [5, 5.41) is 2.99. The number of aromatic nitrogens is 2. The molecule has 2 aromatic rings. The van der Waals surface area contributed by atoms with E-state index in [0.29, 0.717) is 43.4 Å². The van der Waals surface area contributed by atoms with Crippen molar-refractivity contribution in [2.45, 2.75) is 0 Å². The van der Waals surface area contributed by atoms with Crippen LogP contribution in [0.15, 0.2) is 29.0 Å². The van der Waals surface area contributed by atoms with Gasteiger partial charge in [-0.25, -0.2) is 9.97 Å². The molecule has 0 aliphatic carbocycles. The van der Waals surface area contributed by atoms with E-state index in [9.17, 15) is 4.79 Å². The molecular formula is C14H17N3O4. The Labute approximate surface area is 122 Å². The van der Waals surface area contributed by atoms with Gasteiger partial charge >= 0.3 is 0 Å². The van der Waals surface area contributed by atoms with Crippen LogP contribution in [-0.2, 0) is 4.74 Å². The molecule has 0 amide bonds. The average molecular weight is 291 g/mol. The maximum absolute atomic E-state index is 10.6. The van der Waals surface area contributed by atoms with Gasteiger partial charge in [0.05, 0.1) is 13.2 Å². The van der Waals surface area contributed by atoms with Crippen molar-refractivity contribution in [1.29, 1.82) is 0 Å². The predicted molar refractivity (Wildman–Crippen MR) is 75.4 cm³/mol. The van der Waals surface area contributed by atoms with Gasteiger partial charge in [0.2, 0.25) is 11.8 Å². The van der Waals surface area contributed by atoms with Crippen LogP contribution in [0.5, 0.6) is 5.88 Å². The van der Waals surface area contributed by atoms with Crippen LogP contribution >= 0.6 is 0 Å². The van der Waals surface area contributed by atoms with Crippen molar-refractivity contribution in [1.82, 2.24) is 15.3 Å². The quantitative estimate of drug-likeness (QED) is 0.548. The number of carbonyl (C=O) groups excluding carboxylic acids is 1. The van der Waals surface area contributed by atoms with Gasteiger partial charge in [-0.15, -0.1) is 0 Å². The summed E-state index contributed by atoms with van der Waals surface area (Å²) in [5.41, 5.74) is 0.950. The number of carbonyl (C=O) groups is 1. The van der Waals surface area contributed by atoms with Crippen LogP contribution in [0, 0.1) is 0 Å². The molecule has 0 spiro atoms. The Morgan fingerprint density at radius 2 is 2.29 bits per heavy atom. The van der Waals surface area contributed by atoms with Crippen LogP contribution in [0.1, 0.15) is 10.5 Å². The summed E-state index contributed by atoms with van der Waals surface area (Å²) in [6.45, 7) is 2.34. The molecule has 0 atom stereocenters. The monoisotopic (exact) mass is 291 g/mol. The van der Waals surface area contributed by atoms with Gasteiger partial charge in [0, 0.05) is 24.4 Å². The molecule has 2 rings (SSSR count). The molecule has 0 fully saturated rings. The van der Waals surface area contributed by atoms with E-state index < -0.39 is 0 Å². The normalized spacial score (nSPS) is 10.5. The second-order valence-electron chi connectivity index (χ2n) is 4.14. The molecule has 7 heteroatoms. The summed E-state index contributed by atoms with van der Waals surface area (Å²) >= 11 is 0. The van der Waals surface area contributed by atoms with Crippen LogP contribution in [0.3, 0.4) is 0 Å². The van der Waals surface area contributed by atoms with E-state index in [-0.39, 0.29) is 5.69 Å². The molecular weight excluding hydrogens is 274 g/mol. The van der Waals surface area contributed by atoms with Crippen molar-refractivity contribution in [2.24, 2.45) is 0 Å². The molecule has 1 N–H and O–H groups in total. The molecule has 0 bridgehead atoms. The first-order valence-electron chi connectivity index (χ1n) is 6.55. The van der Waals surface area contributed by atoms with Crippen LogP contribution in [0.25, 0.3) is 11.5 Å². The fraction of sp³-hybridized carbons (Fsp3) is 0.357. The van der Waals surface area contributed by atoms with Crippen molar-refractivity contribution < 1.29 is 18.7 Å². The van der Waals surface area contributed by atoms with Gasteiger partial charge in [-0.1, -0.05) is 0 Å². The van der Waals surface area contributed by atoms with Gasteiger partial charge in [0.25, 0.3) is 0 Å². The third-order valence-electron chi connectivity index (χ3n) is 2.60. The standard InChI is InChI=1S/C14H17N3O4/c1-15-4-5-19-6-7-20-13-8-11(2-3-16-13)14-17-12(9-18)10-21-14/h2-3,8-10,15H,4-7H2,1H3. The number of likely N-dealkylation sites (N-methyl/N-ethyl adjacent to an activating group) is 1. The predicted octanol–water partition coefficient (Wildman–Crippen LogP) is 1.16. The molecule has 0 saturated heterocycles. The third kappa shape index (κ3) is 4.66. The molecule has 0 unspecified atom stereocenters. The van der Waals surface area contributed by atoms with Gasteiger partial charge in [-0.05, 0) is 13.1 Å². The number of oxazole rings is 1. The Hall–Kier alpha value is -2.25. The number of pyridine rings is 1. The molecule has 0 saturated carbocycles. The zero-order valence-electron chi connectivity index (χ0n) is 11.7. The first-order chi connectivity index (χ1) is 10.3. The number of hydrogen-bond acceptors (Lipinski definition) is 7. The number of nitrogens with one attached hydrogen (secondary N) is 1. The van der Waals surface area contributed by atoms with Gasteiger partial charge in [0.15, 0.2) is 6.29 Å². The summed E-state index contributed by atoms with van der Waals surface area (Å²) in [5.74, 6) is 0.810. The van der Waals surface area contributed by atoms with Crippen molar-refractivity contribution in [3.63, 3.8) is 0 Å². The lowest BCUT2D eigenvalue weighted by Gasteiger charge is -2.06. The molecule has 0 aromatic carbocycles. The highest BCUT2D eigenvalue weighted by atomic mass is 16.5. The Morgan fingerprint density at radius 3 is 3.05 bits per heavy atom. The van der Waals surface area contributed by atoms with E-state index in [1.165, 1.54) is 6.26 Å². The van der Waals surface area contributed by atoms with Gasteiger partial charge in [-0.2, -0.15) is 0 Å². The van der Waals surface area contributed by atoms with Crippen molar-refractivity contribution >= 4 is 6.29 Å². The topological polar surface area (TPSA) is 86.5 Å². The Balaban J connectivity index is 1.87. The second-order valence-corrected chi connectivity index (χ2v) is 4.14. The molecule has 21 heavy (non-hydrogen) atoms. The van der Waals surface area contributed by atoms with Crippen molar-refractivity contribution in [2.75, 3.05) is 33.4 Å². The summed E-state index contributed by atoms with van der Waals surface area (Å²) in [7, 11) is 1.87. The highest BCUT2D eigenvalue weighted by Gasteiger charge is 2.07. The molecule has 2 heterocycles. The summed E-state index contributed by atoms with van der Waals surface area (Å²) in [6.07, 6.45) is 3.53. The minimum Gasteiger partial charge on any atom is -0.475 e. The zero-order valence-corrected chi connectivity index (χ0v) is 11.7. The summed E-state index contributed by atoms with van der Waals surface area (Å²) in [4.78, 5) is 18.7. The van der Waals surface area contributed by atoms with Gasteiger partial charge in [-0.3, -0.25) is 4.79 Å². The number of hydrogen-bond donors (Lipinski definition) is 1. The second kappa shape index (κ2) is 8.13. The molecule has 0 radical (unpaired) electrons. The number of aldehydes is 1. The fourth-order valence-electron chi connectivity index (χ4n) is 1.58. The molecule has 0 aliphatic rings. The Kier molecular flexibility index (Phi) is 5.86. The summed E-state index contributed by atoms with van der Waals surface area (Å²) in [6, 6.07) is 3.44. The number of ether oxygens (including phenoxy) is 2. The highest BCUT2D eigenvalue weighted by molar-refractivity contribution is 5.72. The molecule has 112 valence electrons. The number of nitrogens with zero attached hydrogens (tertiary/aromatic N) is 2. The lowest BCUT2D eigenvalue weighted by Crippen LogP contribution is -2.16. The highest BCUT2D eigenvalue weighted by Crippen LogP contribution is 2.21. The minimum absolute atomic E-state index is 0.252. The van der Waals surface area contributed by atoms with E-state index in [0.717, 1.165) is 6.54 Å². The Bertz CT molecular complexity index is 571. The maximum Gasteiger partial charge on any atom is 0.226 e. The first-order valence-corrected chi connectivity index (χ1v) is 6.55. The van der Waals surface area contributed by atoms with Crippen LogP contribution in [0.4, 0.5) is 0 Å². The first kappa shape index (κ1) is 15.1. The van der Waals surface area contributed by atoms with E-state index in [1.54, 1.807) is 18.3 Å². The lowest BCUT2D eigenvalue weighted by atomic mass is 10.2. The van der Waals surface area contributed by atoms with E-state index in [2.05, 4.69) is 15.3 Å². The smallest absolute Gasteiger partial charge is 0.226 e. The van der Waals surface area contributed by atoms with Crippen LogP contribution in [0.2, 0.25) is 0 Å². The van der Waals surface area contributed by atoms with Crippen LogP contribution < -0.4 is 10.1 Å². The van der Waals surface area contributed by atoms with E-state index >= 15 is 0 Å². The largest absolute Gasteiger partial charge is 0.475 e. The van der Waals surface area contributed by atoms with Crippen LogP contribution in [-0.4, -0.2) is 49.7 Å². The van der Waals surface area contributed by atoms with Crippen molar-refractivity contribution in [3.05, 3.63) is 30.3 Å². The third-order valence-corrected chi connectivity index (χ3v) is 2.60. The maximum atomic E-state index is 10.6. The zero-order chi connectivity index (χ0) is 14.9. The van der Waals surface area contributed by atoms with E-state index in [1.807, 2.05) is 7.05 Å². The minimum atomic E-state index is 0.252. The van der Waals surface area contributed by atoms with Gasteiger partial charge in [0.1, 0.15) is 18.6 Å². The molecule has 0 aliphatic heterocycles. The number of rotatable bonds is 9. The SMILES string of the molecule is CNCCOCCOc1cc(-c2nc(C=O)co2)ccn1. The summed E-state index contributed by atoms with van der Waals surface area (Å²) < 4.78 is 16.0. The van der Waals surface area contributed by atoms with Crippen molar-refractivity contribution in [3.8, 4) is 17.3 Å². The molecule has 7 nitrogen and oxygen atoms in total.